The van der Waals surface area contributed by atoms with Gasteiger partial charge in [0.05, 0.1) is 10.0 Å². The molecule has 2 aromatic carbocycles. The lowest BCUT2D eigenvalue weighted by Gasteiger charge is -2.12. The summed E-state index contributed by atoms with van der Waals surface area (Å²) in [4.78, 5) is 12.2. The van der Waals surface area contributed by atoms with Crippen molar-refractivity contribution in [3.05, 3.63) is 62.5 Å². The fourth-order valence-corrected chi connectivity index (χ4v) is 2.85. The van der Waals surface area contributed by atoms with Crippen LogP contribution in [0, 0.1) is 0 Å². The third-order valence-corrected chi connectivity index (χ3v) is 4.74. The van der Waals surface area contributed by atoms with Gasteiger partial charge in [0.2, 0.25) is 0 Å². The van der Waals surface area contributed by atoms with E-state index < -0.39 is 0 Å². The average molecular weight is 412 g/mol. The lowest BCUT2D eigenvalue weighted by Crippen LogP contribution is -2.09. The molecule has 2 aromatic rings. The molecule has 0 aliphatic carbocycles. The fourth-order valence-electron chi connectivity index (χ4n) is 1.92. The van der Waals surface area contributed by atoms with E-state index in [1.165, 1.54) is 5.56 Å². The minimum absolute atomic E-state index is 0.375. The van der Waals surface area contributed by atoms with Crippen LogP contribution in [-0.4, -0.2) is 5.97 Å². The summed E-state index contributed by atoms with van der Waals surface area (Å²) in [7, 11) is 0. The third kappa shape index (κ3) is 3.95. The van der Waals surface area contributed by atoms with Gasteiger partial charge in [-0.25, -0.2) is 4.79 Å². The van der Waals surface area contributed by atoms with Gasteiger partial charge in [0.25, 0.3) is 0 Å². The first-order valence-corrected chi connectivity index (χ1v) is 8.37. The molecule has 0 saturated heterocycles. The number of esters is 1. The zero-order chi connectivity index (χ0) is 15.4. The largest absolute Gasteiger partial charge is 0.422 e. The number of hydrogen-bond acceptors (Lipinski definition) is 2. The van der Waals surface area contributed by atoms with Crippen LogP contribution in [-0.2, 0) is 0 Å². The van der Waals surface area contributed by atoms with Gasteiger partial charge in [0.1, 0.15) is 5.75 Å². The van der Waals surface area contributed by atoms with E-state index in [1.54, 1.807) is 6.07 Å². The van der Waals surface area contributed by atoms with Crippen molar-refractivity contribution in [3.63, 3.8) is 0 Å². The van der Waals surface area contributed by atoms with Crippen LogP contribution < -0.4 is 4.74 Å². The van der Waals surface area contributed by atoms with Gasteiger partial charge in [0.15, 0.2) is 0 Å². The number of halogens is 2. The molecule has 0 fully saturated rings. The predicted molar refractivity (Wildman–Crippen MR) is 91.9 cm³/mol. The molecule has 110 valence electrons. The summed E-state index contributed by atoms with van der Waals surface area (Å²) < 4.78 is 6.98. The summed E-state index contributed by atoms with van der Waals surface area (Å²) in [5.41, 5.74) is 1.74. The van der Waals surface area contributed by atoms with Crippen molar-refractivity contribution in [1.82, 2.24) is 0 Å². The highest BCUT2D eigenvalue weighted by atomic mass is 79.9. The maximum absolute atomic E-state index is 12.2. The topological polar surface area (TPSA) is 26.3 Å². The molecular weight excluding hydrogens is 396 g/mol. The van der Waals surface area contributed by atoms with E-state index in [2.05, 4.69) is 45.7 Å². The normalized spacial score (nSPS) is 12.0. The van der Waals surface area contributed by atoms with Crippen molar-refractivity contribution in [2.45, 2.75) is 26.2 Å². The summed E-state index contributed by atoms with van der Waals surface area (Å²) in [5, 5.41) is 0. The first-order chi connectivity index (χ1) is 10.0. The van der Waals surface area contributed by atoms with Gasteiger partial charge >= 0.3 is 5.97 Å². The Hall–Kier alpha value is -1.13. The number of rotatable bonds is 4. The molecule has 21 heavy (non-hydrogen) atoms. The smallest absolute Gasteiger partial charge is 0.344 e. The molecule has 1 unspecified atom stereocenters. The van der Waals surface area contributed by atoms with Crippen LogP contribution in [0.25, 0.3) is 0 Å². The van der Waals surface area contributed by atoms with Gasteiger partial charge in [-0.2, -0.15) is 0 Å². The third-order valence-electron chi connectivity index (χ3n) is 3.43. The summed E-state index contributed by atoms with van der Waals surface area (Å²) in [6.07, 6.45) is 1.07. The Morgan fingerprint density at radius 1 is 1.14 bits per heavy atom. The second-order valence-corrected chi connectivity index (χ2v) is 6.58. The summed E-state index contributed by atoms with van der Waals surface area (Å²) in [6.45, 7) is 4.33. The molecule has 0 saturated carbocycles. The van der Waals surface area contributed by atoms with E-state index in [1.807, 2.05) is 36.4 Å². The minimum atomic E-state index is -0.375. The second kappa shape index (κ2) is 7.23. The first kappa shape index (κ1) is 16.2. The van der Waals surface area contributed by atoms with Crippen molar-refractivity contribution >= 4 is 37.8 Å². The van der Waals surface area contributed by atoms with Gasteiger partial charge in [-0.15, -0.1) is 0 Å². The van der Waals surface area contributed by atoms with Crippen LogP contribution in [0.4, 0.5) is 0 Å². The SMILES string of the molecule is CCC(C)c1ccc(OC(=O)c2ccccc2Br)c(Br)c1. The molecule has 2 nitrogen and oxygen atoms in total. The van der Waals surface area contributed by atoms with E-state index in [0.717, 1.165) is 15.4 Å². The second-order valence-electron chi connectivity index (χ2n) is 4.87. The van der Waals surface area contributed by atoms with E-state index in [9.17, 15) is 4.79 Å². The van der Waals surface area contributed by atoms with E-state index in [4.69, 9.17) is 4.74 Å². The van der Waals surface area contributed by atoms with Gasteiger partial charge in [-0.3, -0.25) is 0 Å². The lowest BCUT2D eigenvalue weighted by atomic mass is 9.99. The van der Waals surface area contributed by atoms with Gasteiger partial charge in [0, 0.05) is 4.47 Å². The highest BCUT2D eigenvalue weighted by Crippen LogP contribution is 2.31. The molecule has 1 atom stereocenters. The Labute approximate surface area is 141 Å². The molecule has 2 rings (SSSR count). The Morgan fingerprint density at radius 2 is 1.86 bits per heavy atom. The van der Waals surface area contributed by atoms with Crippen LogP contribution in [0.2, 0.25) is 0 Å². The average Bonchev–Trinajstić information content (AvgIpc) is 2.48. The molecule has 0 N–H and O–H groups in total. The van der Waals surface area contributed by atoms with Gasteiger partial charge < -0.3 is 4.74 Å². The zero-order valence-corrected chi connectivity index (χ0v) is 15.1. The van der Waals surface area contributed by atoms with Crippen molar-refractivity contribution in [1.29, 1.82) is 0 Å². The molecule has 0 bridgehead atoms. The summed E-state index contributed by atoms with van der Waals surface area (Å²) >= 11 is 6.83. The molecule has 0 spiro atoms. The van der Waals surface area contributed by atoms with Crippen LogP contribution in [0.15, 0.2) is 51.4 Å². The summed E-state index contributed by atoms with van der Waals surface area (Å²) in [5.74, 6) is 0.636. The first-order valence-electron chi connectivity index (χ1n) is 6.79. The quantitative estimate of drug-likeness (QED) is 0.459. The Kier molecular flexibility index (Phi) is 5.59. The van der Waals surface area contributed by atoms with Crippen LogP contribution >= 0.6 is 31.9 Å². The maximum Gasteiger partial charge on any atom is 0.344 e. The maximum atomic E-state index is 12.2. The molecule has 0 aromatic heterocycles. The van der Waals surface area contributed by atoms with Crippen molar-refractivity contribution in [3.8, 4) is 5.75 Å². The minimum Gasteiger partial charge on any atom is -0.422 e. The Balaban J connectivity index is 2.20. The highest BCUT2D eigenvalue weighted by Gasteiger charge is 2.14. The van der Waals surface area contributed by atoms with E-state index in [0.29, 0.717) is 17.2 Å². The molecule has 0 aliphatic rings. The van der Waals surface area contributed by atoms with Crippen LogP contribution in [0.3, 0.4) is 0 Å². The molecule has 0 aliphatic heterocycles. The number of hydrogen-bond donors (Lipinski definition) is 0. The highest BCUT2D eigenvalue weighted by molar-refractivity contribution is 9.10. The lowest BCUT2D eigenvalue weighted by molar-refractivity contribution is 0.0732. The molecule has 4 heteroatoms. The van der Waals surface area contributed by atoms with Gasteiger partial charge in [-0.1, -0.05) is 32.0 Å². The Morgan fingerprint density at radius 3 is 2.48 bits per heavy atom. The standard InChI is InChI=1S/C17H16Br2O2/c1-3-11(2)12-8-9-16(15(19)10-12)21-17(20)13-6-4-5-7-14(13)18/h4-11H,3H2,1-2H3. The molecule has 0 heterocycles. The number of carbonyl (C=O) groups is 1. The van der Waals surface area contributed by atoms with E-state index in [-0.39, 0.29) is 5.97 Å². The van der Waals surface area contributed by atoms with Crippen molar-refractivity contribution < 1.29 is 9.53 Å². The fraction of sp³-hybridized carbons (Fsp3) is 0.235. The van der Waals surface area contributed by atoms with Crippen molar-refractivity contribution in [2.24, 2.45) is 0 Å². The Bertz CT molecular complexity index is 653. The zero-order valence-electron chi connectivity index (χ0n) is 11.9. The van der Waals surface area contributed by atoms with Crippen LogP contribution in [0.5, 0.6) is 5.75 Å². The van der Waals surface area contributed by atoms with Gasteiger partial charge in [-0.05, 0) is 74.0 Å². The predicted octanol–water partition coefficient (Wildman–Crippen LogP) is 5.94. The van der Waals surface area contributed by atoms with Crippen molar-refractivity contribution in [2.75, 3.05) is 0 Å². The summed E-state index contributed by atoms with van der Waals surface area (Å²) in [6, 6.07) is 13.1. The number of benzene rings is 2. The molecule has 0 radical (unpaired) electrons. The molecular formula is C17H16Br2O2. The number of carbonyl (C=O) groups excluding carboxylic acids is 1. The molecule has 0 amide bonds. The van der Waals surface area contributed by atoms with Crippen LogP contribution in [0.1, 0.15) is 42.1 Å². The van der Waals surface area contributed by atoms with E-state index >= 15 is 0 Å². The monoisotopic (exact) mass is 410 g/mol. The number of ether oxygens (including phenoxy) is 1.